The molecule has 0 saturated carbocycles. The summed E-state index contributed by atoms with van der Waals surface area (Å²) >= 11 is 0. The zero-order chi connectivity index (χ0) is 14.7. The lowest BCUT2D eigenvalue weighted by Gasteiger charge is -2.06. The number of hydrogen-bond acceptors (Lipinski definition) is 3. The van der Waals surface area contributed by atoms with Crippen LogP contribution < -0.4 is 4.72 Å². The predicted octanol–water partition coefficient (Wildman–Crippen LogP) is 1.91. The van der Waals surface area contributed by atoms with Gasteiger partial charge < -0.3 is 4.72 Å². The normalized spacial score (nSPS) is 13.9. The number of aryl methyl sites for hydroxylation is 1. The molecule has 20 heavy (non-hydrogen) atoms. The zero-order valence-corrected chi connectivity index (χ0v) is 12.6. The van der Waals surface area contributed by atoms with Crippen LogP contribution in [0.25, 0.3) is 0 Å². The van der Waals surface area contributed by atoms with Gasteiger partial charge in [0.05, 0.1) is 26.8 Å². The summed E-state index contributed by atoms with van der Waals surface area (Å²) < 4.78 is 41.3. The van der Waals surface area contributed by atoms with Crippen molar-refractivity contribution in [2.75, 3.05) is 11.0 Å². The highest BCUT2D eigenvalue weighted by Crippen LogP contribution is 2.18. The first kappa shape index (κ1) is 14.9. The molecule has 0 aliphatic carbocycles. The molecule has 0 aliphatic rings. The lowest BCUT2D eigenvalue weighted by molar-refractivity contribution is 0.597. The Balaban J connectivity index is 2.15. The molecule has 0 saturated heterocycles. The van der Waals surface area contributed by atoms with Crippen molar-refractivity contribution in [3.05, 3.63) is 36.4 Å². The molecule has 0 amide bonds. The van der Waals surface area contributed by atoms with E-state index in [2.05, 4.69) is 9.82 Å². The maximum atomic E-state index is 13.7. The van der Waals surface area contributed by atoms with Crippen LogP contribution >= 0.6 is 0 Å². The summed E-state index contributed by atoms with van der Waals surface area (Å²) in [5, 5.41) is 4.02. The van der Waals surface area contributed by atoms with Crippen LogP contribution in [0.4, 0.5) is 10.1 Å². The van der Waals surface area contributed by atoms with Gasteiger partial charge in [0.15, 0.2) is 11.0 Å². The average molecular weight is 315 g/mol. The van der Waals surface area contributed by atoms with Crippen molar-refractivity contribution in [3.8, 4) is 0 Å². The van der Waals surface area contributed by atoms with E-state index >= 15 is 0 Å². The number of nitrogens with zero attached hydrogens (tertiary/aromatic N) is 2. The maximum absolute atomic E-state index is 13.7. The Hall–Kier alpha value is -1.54. The molecule has 0 spiro atoms. The third-order valence-corrected chi connectivity index (χ3v) is 4.61. The van der Waals surface area contributed by atoms with Gasteiger partial charge in [-0.1, -0.05) is 0 Å². The number of nitrogens with one attached hydrogen (secondary N) is 1. The van der Waals surface area contributed by atoms with Crippen molar-refractivity contribution in [1.82, 2.24) is 9.78 Å². The Morgan fingerprint density at radius 2 is 2.15 bits per heavy atom. The summed E-state index contributed by atoms with van der Waals surface area (Å²) in [5.74, 6) is -0.586. The molecule has 1 N–H and O–H groups in total. The van der Waals surface area contributed by atoms with Crippen molar-refractivity contribution in [2.45, 2.75) is 23.3 Å². The number of halogens is 1. The lowest BCUT2D eigenvalue weighted by Crippen LogP contribution is -2.05. The highest BCUT2D eigenvalue weighted by atomic mass is 32.2. The molecule has 0 aliphatic heterocycles. The molecule has 0 unspecified atom stereocenters. The SMILES string of the molecule is CCn1cc([S@@](=O)Nc2ccc([S@@](C)=O)c(F)c2)cn1. The van der Waals surface area contributed by atoms with E-state index in [0.29, 0.717) is 17.1 Å². The van der Waals surface area contributed by atoms with Gasteiger partial charge in [0.1, 0.15) is 5.82 Å². The predicted molar refractivity (Wildman–Crippen MR) is 76.7 cm³/mol. The van der Waals surface area contributed by atoms with E-state index in [1.54, 1.807) is 16.9 Å². The number of benzene rings is 1. The van der Waals surface area contributed by atoms with Gasteiger partial charge in [0.2, 0.25) is 0 Å². The largest absolute Gasteiger partial charge is 0.301 e. The van der Waals surface area contributed by atoms with Gasteiger partial charge >= 0.3 is 0 Å². The number of rotatable bonds is 5. The smallest absolute Gasteiger partial charge is 0.153 e. The fourth-order valence-corrected chi connectivity index (χ4v) is 2.99. The van der Waals surface area contributed by atoms with E-state index in [9.17, 15) is 12.8 Å². The van der Waals surface area contributed by atoms with E-state index < -0.39 is 27.6 Å². The second-order valence-corrected chi connectivity index (χ2v) is 6.56. The molecule has 0 fully saturated rings. The van der Waals surface area contributed by atoms with Crippen molar-refractivity contribution in [2.24, 2.45) is 0 Å². The van der Waals surface area contributed by atoms with Gasteiger partial charge in [-0.15, -0.1) is 0 Å². The van der Waals surface area contributed by atoms with Gasteiger partial charge in [-0.25, -0.2) is 8.60 Å². The fourth-order valence-electron chi connectivity index (χ4n) is 1.58. The van der Waals surface area contributed by atoms with Crippen LogP contribution in [0.3, 0.4) is 0 Å². The molecule has 2 rings (SSSR count). The monoisotopic (exact) mass is 315 g/mol. The molecule has 2 atom stereocenters. The van der Waals surface area contributed by atoms with Crippen LogP contribution in [0, 0.1) is 5.82 Å². The molecule has 5 nitrogen and oxygen atoms in total. The first-order valence-corrected chi connectivity index (χ1v) is 8.56. The Bertz CT molecular complexity index is 672. The molecular formula is C12H14FN3O2S2. The number of anilines is 1. The van der Waals surface area contributed by atoms with Crippen LogP contribution in [-0.4, -0.2) is 24.5 Å². The third kappa shape index (κ3) is 3.31. The van der Waals surface area contributed by atoms with Crippen LogP contribution in [0.1, 0.15) is 6.92 Å². The molecule has 1 aromatic heterocycles. The molecular weight excluding hydrogens is 301 g/mol. The molecule has 1 heterocycles. The highest BCUT2D eigenvalue weighted by molar-refractivity contribution is 7.86. The van der Waals surface area contributed by atoms with Crippen LogP contribution in [-0.2, 0) is 28.3 Å². The summed E-state index contributed by atoms with van der Waals surface area (Å²) in [7, 11) is -2.90. The van der Waals surface area contributed by atoms with E-state index in [4.69, 9.17) is 0 Å². The molecule has 8 heteroatoms. The van der Waals surface area contributed by atoms with Gasteiger partial charge in [0, 0.05) is 24.7 Å². The van der Waals surface area contributed by atoms with E-state index in [1.807, 2.05) is 6.92 Å². The second-order valence-electron chi connectivity index (χ2n) is 4.00. The highest BCUT2D eigenvalue weighted by Gasteiger charge is 2.10. The lowest BCUT2D eigenvalue weighted by atomic mass is 10.3. The maximum Gasteiger partial charge on any atom is 0.153 e. The van der Waals surface area contributed by atoms with Crippen LogP contribution in [0.15, 0.2) is 40.4 Å². The van der Waals surface area contributed by atoms with Crippen molar-refractivity contribution < 1.29 is 12.8 Å². The molecule has 0 bridgehead atoms. The summed E-state index contributed by atoms with van der Waals surface area (Å²) in [6.45, 7) is 2.61. The Labute approximate surface area is 121 Å². The average Bonchev–Trinajstić information content (AvgIpc) is 2.87. The first-order chi connectivity index (χ1) is 9.51. The van der Waals surface area contributed by atoms with E-state index in [1.165, 1.54) is 24.6 Å². The molecule has 1 aromatic carbocycles. The standard InChI is InChI=1S/C12H14FN3O2S2/c1-3-16-8-10(7-14-16)20(18)15-9-4-5-12(19(2)17)11(13)6-9/h4-8,15H,3H2,1-2H3/t19-,20-/m1/s1. The summed E-state index contributed by atoms with van der Waals surface area (Å²) in [6, 6.07) is 4.14. The van der Waals surface area contributed by atoms with Crippen LogP contribution in [0.2, 0.25) is 0 Å². The van der Waals surface area contributed by atoms with Crippen molar-refractivity contribution >= 4 is 27.5 Å². The van der Waals surface area contributed by atoms with Gasteiger partial charge in [-0.2, -0.15) is 5.10 Å². The summed E-state index contributed by atoms with van der Waals surface area (Å²) in [6.07, 6.45) is 4.57. The molecule has 2 aromatic rings. The third-order valence-electron chi connectivity index (χ3n) is 2.60. The number of aromatic nitrogens is 2. The van der Waals surface area contributed by atoms with Gasteiger partial charge in [-0.3, -0.25) is 8.89 Å². The molecule has 108 valence electrons. The quantitative estimate of drug-likeness (QED) is 0.917. The Kier molecular flexibility index (Phi) is 4.66. The van der Waals surface area contributed by atoms with Crippen LogP contribution in [0.5, 0.6) is 0 Å². The number of hydrogen-bond donors (Lipinski definition) is 1. The fraction of sp³-hybridized carbons (Fsp3) is 0.250. The van der Waals surface area contributed by atoms with E-state index in [0.717, 1.165) is 0 Å². The Morgan fingerprint density at radius 1 is 1.40 bits per heavy atom. The topological polar surface area (TPSA) is 64.0 Å². The zero-order valence-electron chi connectivity index (χ0n) is 11.0. The van der Waals surface area contributed by atoms with Crippen molar-refractivity contribution in [3.63, 3.8) is 0 Å². The minimum absolute atomic E-state index is 0.125. The van der Waals surface area contributed by atoms with Crippen molar-refractivity contribution in [1.29, 1.82) is 0 Å². The summed E-state index contributed by atoms with van der Waals surface area (Å²) in [4.78, 5) is 0.635. The first-order valence-electron chi connectivity index (χ1n) is 5.85. The van der Waals surface area contributed by atoms with Gasteiger partial charge in [0.25, 0.3) is 0 Å². The Morgan fingerprint density at radius 3 is 2.70 bits per heavy atom. The summed E-state index contributed by atoms with van der Waals surface area (Å²) in [5.41, 5.74) is 0.360. The minimum Gasteiger partial charge on any atom is -0.301 e. The minimum atomic E-state index is -1.52. The van der Waals surface area contributed by atoms with E-state index in [-0.39, 0.29) is 4.90 Å². The van der Waals surface area contributed by atoms with Gasteiger partial charge in [-0.05, 0) is 25.1 Å². The molecule has 0 radical (unpaired) electrons. The second kappa shape index (κ2) is 6.27.